The molecule has 0 bridgehead atoms. The van der Waals surface area contributed by atoms with E-state index in [1.54, 1.807) is 6.92 Å². The van der Waals surface area contributed by atoms with Crippen LogP contribution in [0.1, 0.15) is 12.5 Å². The number of phenolic OH excluding ortho intramolecular Hbond substituents is 1. The van der Waals surface area contributed by atoms with E-state index < -0.39 is 11.6 Å². The zero-order valence-corrected chi connectivity index (χ0v) is 7.92. The van der Waals surface area contributed by atoms with E-state index in [2.05, 4.69) is 0 Å². The maximum absolute atomic E-state index is 12.9. The number of benzene rings is 1. The number of nitrogens with one attached hydrogen (secondary N) is 1. The molecule has 0 fully saturated rings. The Labute approximate surface area is 81.9 Å². The number of para-hydroxylation sites is 1. The van der Waals surface area contributed by atoms with Gasteiger partial charge in [-0.1, -0.05) is 13.0 Å². The lowest BCUT2D eigenvalue weighted by Gasteiger charge is -2.12. The van der Waals surface area contributed by atoms with Crippen LogP contribution in [0.15, 0.2) is 18.2 Å². The molecule has 1 rings (SSSR count). The quantitative estimate of drug-likeness (QED) is 0.641. The average molecular weight is 196 g/mol. The molecule has 3 nitrogen and oxygen atoms in total. The van der Waals surface area contributed by atoms with Gasteiger partial charge in [-0.25, -0.2) is 4.39 Å². The summed E-state index contributed by atoms with van der Waals surface area (Å²) in [7, 11) is 0. The van der Waals surface area contributed by atoms with Gasteiger partial charge in [-0.05, 0) is 12.1 Å². The summed E-state index contributed by atoms with van der Waals surface area (Å²) in [5, 5.41) is 17.0. The van der Waals surface area contributed by atoms with E-state index in [0.717, 1.165) is 6.07 Å². The van der Waals surface area contributed by atoms with Crippen LogP contribution in [0.2, 0.25) is 0 Å². The molecule has 0 saturated heterocycles. The van der Waals surface area contributed by atoms with Crippen LogP contribution in [0, 0.1) is 17.1 Å². The molecule has 14 heavy (non-hydrogen) atoms. The zero-order chi connectivity index (χ0) is 10.7. The molecule has 0 aliphatic rings. The highest BCUT2D eigenvalue weighted by Crippen LogP contribution is 2.23. The summed E-state index contributed by atoms with van der Waals surface area (Å²) in [6.45, 7) is 2.06. The van der Waals surface area contributed by atoms with Gasteiger partial charge < -0.3 is 16.2 Å². The summed E-state index contributed by atoms with van der Waals surface area (Å²) < 4.78 is 12.9. The van der Waals surface area contributed by atoms with Crippen molar-refractivity contribution in [2.24, 2.45) is 11.7 Å². The largest absolute Gasteiger partial charge is 0.504 e. The lowest BCUT2D eigenvalue weighted by molar-refractivity contribution is 0.431. The van der Waals surface area contributed by atoms with Crippen LogP contribution in [-0.2, 0) is 0 Å². The molecular formula is C10H13FN2O. The van der Waals surface area contributed by atoms with E-state index in [4.69, 9.17) is 11.1 Å². The van der Waals surface area contributed by atoms with Gasteiger partial charge >= 0.3 is 0 Å². The zero-order valence-electron chi connectivity index (χ0n) is 7.92. The molecule has 0 radical (unpaired) electrons. The standard InChI is InChI=1S/C10H13FN2O/c1-6(5-12)9(13)7-3-2-4-8(11)10(7)14/h2-4,6,13-14H,5,12H2,1H3. The first-order valence-corrected chi connectivity index (χ1v) is 4.34. The molecule has 0 spiro atoms. The van der Waals surface area contributed by atoms with Gasteiger partial charge in [0.2, 0.25) is 0 Å². The number of nitrogens with two attached hydrogens (primary N) is 1. The summed E-state index contributed by atoms with van der Waals surface area (Å²) >= 11 is 0. The molecule has 4 heteroatoms. The fraction of sp³-hybridized carbons (Fsp3) is 0.300. The molecule has 0 heterocycles. The Hall–Kier alpha value is -1.42. The molecule has 1 aromatic carbocycles. The molecule has 0 saturated carbocycles. The van der Waals surface area contributed by atoms with E-state index in [-0.39, 0.29) is 17.2 Å². The molecule has 1 aromatic rings. The summed E-state index contributed by atoms with van der Waals surface area (Å²) in [5.74, 6) is -1.38. The summed E-state index contributed by atoms with van der Waals surface area (Å²) in [6.07, 6.45) is 0. The second-order valence-electron chi connectivity index (χ2n) is 3.19. The second kappa shape index (κ2) is 4.19. The Morgan fingerprint density at radius 3 is 2.86 bits per heavy atom. The Balaban J connectivity index is 3.07. The maximum Gasteiger partial charge on any atom is 0.165 e. The van der Waals surface area contributed by atoms with Crippen molar-refractivity contribution < 1.29 is 9.50 Å². The van der Waals surface area contributed by atoms with E-state index in [1.165, 1.54) is 12.1 Å². The van der Waals surface area contributed by atoms with E-state index in [0.29, 0.717) is 6.54 Å². The highest BCUT2D eigenvalue weighted by molar-refractivity contribution is 6.02. The second-order valence-corrected chi connectivity index (χ2v) is 3.19. The predicted molar refractivity (Wildman–Crippen MR) is 53.1 cm³/mol. The maximum atomic E-state index is 12.9. The number of phenols is 1. The average Bonchev–Trinajstić information content (AvgIpc) is 2.20. The first-order valence-electron chi connectivity index (χ1n) is 4.34. The van der Waals surface area contributed by atoms with Crippen LogP contribution in [-0.4, -0.2) is 17.4 Å². The summed E-state index contributed by atoms with van der Waals surface area (Å²) in [5.41, 5.74) is 5.75. The van der Waals surface area contributed by atoms with Crippen LogP contribution in [0.25, 0.3) is 0 Å². The Morgan fingerprint density at radius 1 is 1.64 bits per heavy atom. The third kappa shape index (κ3) is 1.90. The van der Waals surface area contributed by atoms with Crippen molar-refractivity contribution in [2.75, 3.05) is 6.54 Å². The number of rotatable bonds is 3. The number of hydrogen-bond donors (Lipinski definition) is 3. The smallest absolute Gasteiger partial charge is 0.165 e. The number of hydrogen-bond acceptors (Lipinski definition) is 3. The minimum absolute atomic E-state index is 0.157. The lowest BCUT2D eigenvalue weighted by Crippen LogP contribution is -2.20. The molecule has 1 unspecified atom stereocenters. The van der Waals surface area contributed by atoms with Crippen molar-refractivity contribution in [3.63, 3.8) is 0 Å². The molecule has 4 N–H and O–H groups in total. The van der Waals surface area contributed by atoms with Gasteiger partial charge in [0.1, 0.15) is 0 Å². The van der Waals surface area contributed by atoms with Gasteiger partial charge in [0.25, 0.3) is 0 Å². The SMILES string of the molecule is CC(CN)C(=N)c1cccc(F)c1O. The number of aromatic hydroxyl groups is 1. The van der Waals surface area contributed by atoms with Crippen molar-refractivity contribution in [3.05, 3.63) is 29.6 Å². The van der Waals surface area contributed by atoms with Crippen LogP contribution in [0.4, 0.5) is 4.39 Å². The first kappa shape index (κ1) is 10.7. The van der Waals surface area contributed by atoms with Gasteiger partial charge in [-0.2, -0.15) is 0 Å². The van der Waals surface area contributed by atoms with Gasteiger partial charge in [0.15, 0.2) is 11.6 Å². The highest BCUT2D eigenvalue weighted by Gasteiger charge is 2.15. The normalized spacial score (nSPS) is 12.5. The molecular weight excluding hydrogens is 183 g/mol. The monoisotopic (exact) mass is 196 g/mol. The molecule has 0 amide bonds. The lowest BCUT2D eigenvalue weighted by atomic mass is 9.98. The van der Waals surface area contributed by atoms with Gasteiger partial charge in [-0.15, -0.1) is 0 Å². The van der Waals surface area contributed by atoms with Crippen molar-refractivity contribution in [1.82, 2.24) is 0 Å². The molecule has 0 aromatic heterocycles. The molecule has 1 atom stereocenters. The van der Waals surface area contributed by atoms with Crippen LogP contribution in [0.3, 0.4) is 0 Å². The summed E-state index contributed by atoms with van der Waals surface area (Å²) in [4.78, 5) is 0. The molecule has 0 aliphatic heterocycles. The first-order chi connectivity index (χ1) is 6.57. The Morgan fingerprint density at radius 2 is 2.29 bits per heavy atom. The van der Waals surface area contributed by atoms with Crippen LogP contribution < -0.4 is 5.73 Å². The number of halogens is 1. The van der Waals surface area contributed by atoms with Crippen LogP contribution >= 0.6 is 0 Å². The summed E-state index contributed by atoms with van der Waals surface area (Å²) in [6, 6.07) is 4.12. The molecule has 76 valence electrons. The molecule has 0 aliphatic carbocycles. The van der Waals surface area contributed by atoms with Gasteiger partial charge in [0, 0.05) is 23.7 Å². The van der Waals surface area contributed by atoms with E-state index >= 15 is 0 Å². The topological polar surface area (TPSA) is 70.1 Å². The predicted octanol–water partition coefficient (Wildman–Crippen LogP) is 1.49. The highest BCUT2D eigenvalue weighted by atomic mass is 19.1. The van der Waals surface area contributed by atoms with Crippen molar-refractivity contribution in [2.45, 2.75) is 6.92 Å². The third-order valence-corrected chi connectivity index (χ3v) is 2.12. The van der Waals surface area contributed by atoms with E-state index in [1.807, 2.05) is 0 Å². The van der Waals surface area contributed by atoms with Crippen molar-refractivity contribution in [3.8, 4) is 5.75 Å². The van der Waals surface area contributed by atoms with Gasteiger partial charge in [-0.3, -0.25) is 0 Å². The van der Waals surface area contributed by atoms with Crippen molar-refractivity contribution >= 4 is 5.71 Å². The Kier molecular flexibility index (Phi) is 3.19. The van der Waals surface area contributed by atoms with E-state index in [9.17, 15) is 9.50 Å². The minimum Gasteiger partial charge on any atom is -0.504 e. The van der Waals surface area contributed by atoms with Gasteiger partial charge in [0.05, 0.1) is 0 Å². The fourth-order valence-corrected chi connectivity index (χ4v) is 1.12. The minimum atomic E-state index is -0.712. The fourth-order valence-electron chi connectivity index (χ4n) is 1.12. The van der Waals surface area contributed by atoms with Crippen molar-refractivity contribution in [1.29, 1.82) is 5.41 Å². The van der Waals surface area contributed by atoms with Crippen LogP contribution in [0.5, 0.6) is 5.75 Å². The Bertz CT molecular complexity index is 352. The third-order valence-electron chi connectivity index (χ3n) is 2.12.